The highest BCUT2D eigenvalue weighted by molar-refractivity contribution is 7.17. The summed E-state index contributed by atoms with van der Waals surface area (Å²) in [7, 11) is 0. The van der Waals surface area contributed by atoms with Gasteiger partial charge in [0.2, 0.25) is 5.91 Å². The molecule has 2 amide bonds. The number of hydrogen-bond donors (Lipinski definition) is 2. The molecule has 0 aliphatic carbocycles. The van der Waals surface area contributed by atoms with Crippen LogP contribution >= 0.6 is 11.3 Å². The van der Waals surface area contributed by atoms with Crippen LogP contribution in [-0.4, -0.2) is 16.8 Å². The van der Waals surface area contributed by atoms with Crippen LogP contribution in [0.25, 0.3) is 10.6 Å². The summed E-state index contributed by atoms with van der Waals surface area (Å²) in [5, 5.41) is 6.13. The van der Waals surface area contributed by atoms with Crippen molar-refractivity contribution < 1.29 is 14.0 Å². The Morgan fingerprint density at radius 2 is 1.69 bits per heavy atom. The van der Waals surface area contributed by atoms with Gasteiger partial charge in [-0.25, -0.2) is 9.37 Å². The molecule has 5 nitrogen and oxygen atoms in total. The van der Waals surface area contributed by atoms with Crippen LogP contribution in [0, 0.1) is 12.7 Å². The van der Waals surface area contributed by atoms with E-state index in [0.717, 1.165) is 5.56 Å². The van der Waals surface area contributed by atoms with Gasteiger partial charge in [-0.2, -0.15) is 0 Å². The number of nitrogens with zero attached hydrogens (tertiary/aromatic N) is 1. The number of aryl methyl sites for hydroxylation is 1. The van der Waals surface area contributed by atoms with Crippen molar-refractivity contribution in [1.82, 2.24) is 4.98 Å². The molecule has 3 aromatic rings. The summed E-state index contributed by atoms with van der Waals surface area (Å²) in [6, 6.07) is 12.9. The van der Waals surface area contributed by atoms with Crippen LogP contribution in [0.1, 0.15) is 22.3 Å². The van der Waals surface area contributed by atoms with Crippen LogP contribution in [0.4, 0.5) is 15.8 Å². The lowest BCUT2D eigenvalue weighted by Gasteiger charge is -2.07. The lowest BCUT2D eigenvalue weighted by molar-refractivity contribution is -0.114. The fraction of sp³-hybridized carbons (Fsp3) is 0.105. The molecule has 7 heteroatoms. The Bertz CT molecular complexity index is 967. The fourth-order valence-electron chi connectivity index (χ4n) is 2.39. The molecule has 0 saturated carbocycles. The first-order valence-electron chi connectivity index (χ1n) is 7.85. The molecule has 0 unspecified atom stereocenters. The number of aromatic nitrogens is 1. The monoisotopic (exact) mass is 369 g/mol. The van der Waals surface area contributed by atoms with E-state index in [9.17, 15) is 14.0 Å². The third-order valence-electron chi connectivity index (χ3n) is 3.53. The number of hydrogen-bond acceptors (Lipinski definition) is 4. The van der Waals surface area contributed by atoms with Crippen molar-refractivity contribution in [2.75, 3.05) is 10.6 Å². The number of benzene rings is 2. The summed E-state index contributed by atoms with van der Waals surface area (Å²) in [6.45, 7) is 3.18. The normalized spacial score (nSPS) is 10.4. The fourth-order valence-corrected chi connectivity index (χ4v) is 3.36. The van der Waals surface area contributed by atoms with E-state index < -0.39 is 0 Å². The Labute approximate surface area is 153 Å². The molecule has 0 spiro atoms. The number of carbonyl (C=O) groups excluding carboxylic acids is 2. The molecule has 0 atom stereocenters. The molecule has 3 rings (SSSR count). The quantitative estimate of drug-likeness (QED) is 0.713. The van der Waals surface area contributed by atoms with E-state index in [0.29, 0.717) is 27.0 Å². The van der Waals surface area contributed by atoms with E-state index in [1.54, 1.807) is 43.3 Å². The van der Waals surface area contributed by atoms with Gasteiger partial charge in [0.25, 0.3) is 5.91 Å². The predicted octanol–water partition coefficient (Wildman–Crippen LogP) is 4.47. The lowest BCUT2D eigenvalue weighted by Crippen LogP contribution is -2.12. The minimum Gasteiger partial charge on any atom is -0.326 e. The second-order valence-electron chi connectivity index (χ2n) is 5.66. The molecule has 1 heterocycles. The largest absolute Gasteiger partial charge is 0.326 e. The second kappa shape index (κ2) is 7.45. The van der Waals surface area contributed by atoms with E-state index in [1.807, 2.05) is 0 Å². The molecule has 26 heavy (non-hydrogen) atoms. The summed E-state index contributed by atoms with van der Waals surface area (Å²) in [4.78, 5) is 28.6. The van der Waals surface area contributed by atoms with Crippen LogP contribution in [0.3, 0.4) is 0 Å². The smallest absolute Gasteiger partial charge is 0.267 e. The highest BCUT2D eigenvalue weighted by Crippen LogP contribution is 2.29. The summed E-state index contributed by atoms with van der Waals surface area (Å²) in [5.41, 5.74) is 2.52. The molecule has 0 aliphatic heterocycles. The number of halogens is 1. The number of carbonyl (C=O) groups is 2. The average Bonchev–Trinajstić information content (AvgIpc) is 2.97. The highest BCUT2D eigenvalue weighted by Gasteiger charge is 2.16. The Morgan fingerprint density at radius 1 is 1.04 bits per heavy atom. The van der Waals surface area contributed by atoms with Gasteiger partial charge in [0.1, 0.15) is 15.7 Å². The van der Waals surface area contributed by atoms with Crippen molar-refractivity contribution in [3.63, 3.8) is 0 Å². The molecular weight excluding hydrogens is 353 g/mol. The van der Waals surface area contributed by atoms with E-state index in [4.69, 9.17) is 0 Å². The third kappa shape index (κ3) is 4.12. The van der Waals surface area contributed by atoms with Crippen LogP contribution in [0.5, 0.6) is 0 Å². The first-order chi connectivity index (χ1) is 12.4. The van der Waals surface area contributed by atoms with E-state index in [2.05, 4.69) is 15.6 Å². The predicted molar refractivity (Wildman–Crippen MR) is 101 cm³/mol. The Kier molecular flexibility index (Phi) is 5.09. The maximum atomic E-state index is 13.1. The van der Waals surface area contributed by atoms with Crippen LogP contribution in [0.2, 0.25) is 0 Å². The highest BCUT2D eigenvalue weighted by atomic mass is 32.1. The SMILES string of the molecule is CC(=O)Nc1cccc(NC(=O)c2sc(-c3ccc(F)cc3)nc2C)c1. The number of anilines is 2. The van der Waals surface area contributed by atoms with Gasteiger partial charge in [-0.05, 0) is 49.4 Å². The second-order valence-corrected chi connectivity index (χ2v) is 6.66. The van der Waals surface area contributed by atoms with Crippen molar-refractivity contribution in [3.05, 3.63) is 64.9 Å². The lowest BCUT2D eigenvalue weighted by atomic mass is 10.2. The van der Waals surface area contributed by atoms with Crippen LogP contribution < -0.4 is 10.6 Å². The standard InChI is InChI=1S/C19H16FN3O2S/c1-11-17(26-19(21-11)13-6-8-14(20)9-7-13)18(25)23-16-5-3-4-15(10-16)22-12(2)24/h3-10H,1-2H3,(H,22,24)(H,23,25). The van der Waals surface area contributed by atoms with E-state index >= 15 is 0 Å². The van der Waals surface area contributed by atoms with Gasteiger partial charge in [0.05, 0.1) is 5.69 Å². The summed E-state index contributed by atoms with van der Waals surface area (Å²) < 4.78 is 13.1. The minimum atomic E-state index is -0.320. The Balaban J connectivity index is 1.80. The van der Waals surface area contributed by atoms with Gasteiger partial charge in [0, 0.05) is 23.9 Å². The zero-order valence-corrected chi connectivity index (χ0v) is 15.0. The van der Waals surface area contributed by atoms with Crippen LogP contribution in [-0.2, 0) is 4.79 Å². The number of nitrogens with one attached hydrogen (secondary N) is 2. The number of thiazole rings is 1. The zero-order chi connectivity index (χ0) is 18.7. The molecule has 0 aliphatic rings. The first kappa shape index (κ1) is 17.8. The van der Waals surface area contributed by atoms with Gasteiger partial charge >= 0.3 is 0 Å². The molecule has 0 radical (unpaired) electrons. The molecule has 0 saturated heterocycles. The first-order valence-corrected chi connectivity index (χ1v) is 8.66. The van der Waals surface area contributed by atoms with Crippen molar-refractivity contribution in [1.29, 1.82) is 0 Å². The van der Waals surface area contributed by atoms with Crippen molar-refractivity contribution in [3.8, 4) is 10.6 Å². The van der Waals surface area contributed by atoms with Gasteiger partial charge in [0.15, 0.2) is 0 Å². The maximum Gasteiger partial charge on any atom is 0.267 e. The number of amides is 2. The summed E-state index contributed by atoms with van der Waals surface area (Å²) in [6.07, 6.45) is 0. The topological polar surface area (TPSA) is 71.1 Å². The molecule has 1 aromatic heterocycles. The summed E-state index contributed by atoms with van der Waals surface area (Å²) in [5.74, 6) is -0.789. The molecule has 132 valence electrons. The molecular formula is C19H16FN3O2S. The molecule has 2 aromatic carbocycles. The molecule has 2 N–H and O–H groups in total. The molecule has 0 bridgehead atoms. The minimum absolute atomic E-state index is 0.185. The Hall–Kier alpha value is -3.06. The molecule has 0 fully saturated rings. The third-order valence-corrected chi connectivity index (χ3v) is 4.74. The van der Waals surface area contributed by atoms with Crippen molar-refractivity contribution in [2.24, 2.45) is 0 Å². The summed E-state index contributed by atoms with van der Waals surface area (Å²) >= 11 is 1.25. The number of rotatable bonds is 4. The van der Waals surface area contributed by atoms with Crippen molar-refractivity contribution >= 4 is 34.5 Å². The van der Waals surface area contributed by atoms with Gasteiger partial charge in [-0.1, -0.05) is 6.07 Å². The average molecular weight is 369 g/mol. The van der Waals surface area contributed by atoms with Gasteiger partial charge < -0.3 is 10.6 Å². The van der Waals surface area contributed by atoms with Crippen molar-refractivity contribution in [2.45, 2.75) is 13.8 Å². The van der Waals surface area contributed by atoms with E-state index in [-0.39, 0.29) is 17.6 Å². The maximum absolute atomic E-state index is 13.1. The van der Waals surface area contributed by atoms with Gasteiger partial charge in [-0.15, -0.1) is 11.3 Å². The zero-order valence-electron chi connectivity index (χ0n) is 14.2. The van der Waals surface area contributed by atoms with Crippen LogP contribution in [0.15, 0.2) is 48.5 Å². The van der Waals surface area contributed by atoms with Gasteiger partial charge in [-0.3, -0.25) is 9.59 Å². The van der Waals surface area contributed by atoms with E-state index in [1.165, 1.54) is 30.4 Å². The Morgan fingerprint density at radius 3 is 2.35 bits per heavy atom.